The van der Waals surface area contributed by atoms with E-state index in [4.69, 9.17) is 9.15 Å². The predicted molar refractivity (Wildman–Crippen MR) is 145 cm³/mol. The van der Waals surface area contributed by atoms with Crippen molar-refractivity contribution in [3.8, 4) is 17.1 Å². The van der Waals surface area contributed by atoms with E-state index in [0.29, 0.717) is 29.0 Å². The number of thioether (sulfide) groups is 1. The highest BCUT2D eigenvalue weighted by Crippen LogP contribution is 2.37. The van der Waals surface area contributed by atoms with Gasteiger partial charge >= 0.3 is 0 Å². The molecular weight excluding hydrogens is 484 g/mol. The van der Waals surface area contributed by atoms with Crippen LogP contribution < -0.4 is 10.1 Å². The van der Waals surface area contributed by atoms with Crippen LogP contribution in [0.1, 0.15) is 22.1 Å². The number of aryl methyl sites for hydroxylation is 1. The van der Waals surface area contributed by atoms with Crippen LogP contribution in [-0.4, -0.2) is 27.8 Å². The molecular formula is C29H26N4O3S. The number of benzene rings is 3. The van der Waals surface area contributed by atoms with Crippen molar-refractivity contribution >= 4 is 23.4 Å². The van der Waals surface area contributed by atoms with E-state index >= 15 is 0 Å². The molecule has 0 saturated carbocycles. The van der Waals surface area contributed by atoms with Crippen LogP contribution in [0, 0.1) is 6.92 Å². The summed E-state index contributed by atoms with van der Waals surface area (Å²) in [5, 5.41) is 12.1. The van der Waals surface area contributed by atoms with E-state index in [0.717, 1.165) is 22.5 Å². The van der Waals surface area contributed by atoms with Crippen LogP contribution in [0.25, 0.3) is 11.4 Å². The van der Waals surface area contributed by atoms with Crippen molar-refractivity contribution in [3.63, 3.8) is 0 Å². The Bertz CT molecular complexity index is 1480. The SMILES string of the molecule is COc1cccc(NC(=O)C(Sc2nnc(-c3cccc(C)c3)n2Cc2ccco2)c2ccccc2)c1. The lowest BCUT2D eigenvalue weighted by Crippen LogP contribution is -2.19. The maximum absolute atomic E-state index is 13.6. The summed E-state index contributed by atoms with van der Waals surface area (Å²) < 4.78 is 12.9. The van der Waals surface area contributed by atoms with Gasteiger partial charge in [-0.3, -0.25) is 9.36 Å². The summed E-state index contributed by atoms with van der Waals surface area (Å²) in [6.45, 7) is 2.48. The van der Waals surface area contributed by atoms with Gasteiger partial charge in [0.15, 0.2) is 11.0 Å². The van der Waals surface area contributed by atoms with Gasteiger partial charge in [0.2, 0.25) is 5.91 Å². The third-order valence-corrected chi connectivity index (χ3v) is 7.02. The zero-order valence-electron chi connectivity index (χ0n) is 20.5. The number of hydrogen-bond acceptors (Lipinski definition) is 6. The van der Waals surface area contributed by atoms with Crippen molar-refractivity contribution in [2.45, 2.75) is 23.9 Å². The molecule has 0 aliphatic rings. The first-order valence-electron chi connectivity index (χ1n) is 11.8. The molecule has 0 saturated heterocycles. The number of hydrogen-bond donors (Lipinski definition) is 1. The second-order valence-corrected chi connectivity index (χ2v) is 9.54. The van der Waals surface area contributed by atoms with E-state index in [2.05, 4.69) is 21.6 Å². The lowest BCUT2D eigenvalue weighted by Gasteiger charge is -2.18. The van der Waals surface area contributed by atoms with E-state index in [1.165, 1.54) is 11.8 Å². The van der Waals surface area contributed by atoms with Gasteiger partial charge < -0.3 is 14.5 Å². The van der Waals surface area contributed by atoms with E-state index < -0.39 is 5.25 Å². The quantitative estimate of drug-likeness (QED) is 0.232. The molecule has 3 aromatic carbocycles. The van der Waals surface area contributed by atoms with Gasteiger partial charge in [0, 0.05) is 17.3 Å². The third-order valence-electron chi connectivity index (χ3n) is 5.79. The molecule has 2 aromatic heterocycles. The van der Waals surface area contributed by atoms with Crippen molar-refractivity contribution in [1.29, 1.82) is 0 Å². The maximum atomic E-state index is 13.6. The van der Waals surface area contributed by atoms with Crippen molar-refractivity contribution in [1.82, 2.24) is 14.8 Å². The predicted octanol–water partition coefficient (Wildman–Crippen LogP) is 6.38. The second-order valence-electron chi connectivity index (χ2n) is 8.47. The van der Waals surface area contributed by atoms with Crippen LogP contribution in [0.15, 0.2) is 107 Å². The molecule has 186 valence electrons. The fourth-order valence-corrected chi connectivity index (χ4v) is 5.03. The summed E-state index contributed by atoms with van der Waals surface area (Å²) in [6.07, 6.45) is 1.65. The summed E-state index contributed by atoms with van der Waals surface area (Å²) in [5.74, 6) is 1.98. The Kier molecular flexibility index (Phi) is 7.37. The zero-order chi connectivity index (χ0) is 25.6. The molecule has 5 rings (SSSR count). The minimum Gasteiger partial charge on any atom is -0.497 e. The van der Waals surface area contributed by atoms with Gasteiger partial charge in [0.05, 0.1) is 19.9 Å². The van der Waals surface area contributed by atoms with E-state index in [1.807, 2.05) is 90.4 Å². The first-order valence-corrected chi connectivity index (χ1v) is 12.7. The molecule has 1 amide bonds. The Morgan fingerprint density at radius 1 is 1.00 bits per heavy atom. The first kappa shape index (κ1) is 24.4. The number of carbonyl (C=O) groups is 1. The largest absolute Gasteiger partial charge is 0.497 e. The Labute approximate surface area is 219 Å². The monoisotopic (exact) mass is 510 g/mol. The molecule has 1 atom stereocenters. The molecule has 1 N–H and O–H groups in total. The lowest BCUT2D eigenvalue weighted by molar-refractivity contribution is -0.115. The standard InChI is InChI=1S/C29H26N4O3S/c1-20-9-6-12-22(17-20)27-31-32-29(33(27)19-25-15-8-16-36-25)37-26(21-10-4-3-5-11-21)28(34)30-23-13-7-14-24(18-23)35-2/h3-18,26H,19H2,1-2H3,(H,30,34). The van der Waals surface area contributed by atoms with Gasteiger partial charge in [-0.05, 0) is 42.8 Å². The number of furan rings is 1. The Balaban J connectivity index is 1.51. The van der Waals surface area contributed by atoms with E-state index in [-0.39, 0.29) is 5.91 Å². The third kappa shape index (κ3) is 5.76. The Morgan fingerprint density at radius 3 is 2.59 bits per heavy atom. The molecule has 37 heavy (non-hydrogen) atoms. The number of nitrogens with zero attached hydrogens (tertiary/aromatic N) is 3. The van der Waals surface area contributed by atoms with Gasteiger partial charge in [0.1, 0.15) is 16.8 Å². The van der Waals surface area contributed by atoms with Crippen LogP contribution in [0.2, 0.25) is 0 Å². The van der Waals surface area contributed by atoms with E-state index in [1.54, 1.807) is 19.4 Å². The van der Waals surface area contributed by atoms with Crippen molar-refractivity contribution in [3.05, 3.63) is 114 Å². The molecule has 0 bridgehead atoms. The molecule has 0 fully saturated rings. The number of rotatable bonds is 9. The molecule has 0 radical (unpaired) electrons. The number of aromatic nitrogens is 3. The van der Waals surface area contributed by atoms with Gasteiger partial charge in [0.25, 0.3) is 0 Å². The zero-order valence-corrected chi connectivity index (χ0v) is 21.3. The Hall–Kier alpha value is -4.30. The van der Waals surface area contributed by atoms with Gasteiger partial charge in [-0.2, -0.15) is 0 Å². The highest BCUT2D eigenvalue weighted by Gasteiger charge is 2.26. The first-order chi connectivity index (χ1) is 18.1. The summed E-state index contributed by atoms with van der Waals surface area (Å²) in [6, 6.07) is 28.9. The average molecular weight is 511 g/mol. The van der Waals surface area contributed by atoms with Gasteiger partial charge in [-0.15, -0.1) is 10.2 Å². The number of nitrogens with one attached hydrogen (secondary N) is 1. The maximum Gasteiger partial charge on any atom is 0.242 e. The number of amides is 1. The number of anilines is 1. The molecule has 0 aliphatic heterocycles. The van der Waals surface area contributed by atoms with Crippen LogP contribution in [0.4, 0.5) is 5.69 Å². The highest BCUT2D eigenvalue weighted by molar-refractivity contribution is 8.00. The molecule has 2 heterocycles. The summed E-state index contributed by atoms with van der Waals surface area (Å²) in [7, 11) is 1.60. The molecule has 0 spiro atoms. The van der Waals surface area contributed by atoms with Gasteiger partial charge in [-0.25, -0.2) is 0 Å². The topological polar surface area (TPSA) is 82.2 Å². The molecule has 7 nitrogen and oxygen atoms in total. The smallest absolute Gasteiger partial charge is 0.242 e. The van der Waals surface area contributed by atoms with Crippen molar-refractivity contribution in [2.75, 3.05) is 12.4 Å². The number of methoxy groups -OCH3 is 1. The van der Waals surface area contributed by atoms with Crippen LogP contribution in [0.5, 0.6) is 5.75 Å². The molecule has 1 unspecified atom stereocenters. The normalized spacial score (nSPS) is 11.7. The fourth-order valence-electron chi connectivity index (χ4n) is 3.99. The summed E-state index contributed by atoms with van der Waals surface area (Å²) in [5.41, 5.74) is 3.59. The second kappa shape index (κ2) is 11.2. The minimum atomic E-state index is -0.572. The lowest BCUT2D eigenvalue weighted by atomic mass is 10.1. The summed E-state index contributed by atoms with van der Waals surface area (Å²) >= 11 is 1.35. The highest BCUT2D eigenvalue weighted by atomic mass is 32.2. The number of carbonyl (C=O) groups excluding carboxylic acids is 1. The molecule has 8 heteroatoms. The van der Waals surface area contributed by atoms with Crippen LogP contribution >= 0.6 is 11.8 Å². The number of ether oxygens (including phenoxy) is 1. The minimum absolute atomic E-state index is 0.172. The molecule has 0 aliphatic carbocycles. The Morgan fingerprint density at radius 2 is 1.84 bits per heavy atom. The van der Waals surface area contributed by atoms with Gasteiger partial charge in [-0.1, -0.05) is 71.9 Å². The fraction of sp³-hybridized carbons (Fsp3) is 0.138. The van der Waals surface area contributed by atoms with Crippen molar-refractivity contribution < 1.29 is 13.9 Å². The average Bonchev–Trinajstić information content (AvgIpc) is 3.58. The van der Waals surface area contributed by atoms with Crippen molar-refractivity contribution in [2.24, 2.45) is 0 Å². The van der Waals surface area contributed by atoms with Crippen LogP contribution in [-0.2, 0) is 11.3 Å². The summed E-state index contributed by atoms with van der Waals surface area (Å²) in [4.78, 5) is 13.6. The molecule has 5 aromatic rings. The van der Waals surface area contributed by atoms with E-state index in [9.17, 15) is 4.79 Å². The van der Waals surface area contributed by atoms with Crippen LogP contribution in [0.3, 0.4) is 0 Å².